The predicted octanol–water partition coefficient (Wildman–Crippen LogP) is 1.08. The van der Waals surface area contributed by atoms with E-state index in [0.717, 1.165) is 5.56 Å². The highest BCUT2D eigenvalue weighted by molar-refractivity contribution is 7.99. The van der Waals surface area contributed by atoms with Gasteiger partial charge >= 0.3 is 0 Å². The van der Waals surface area contributed by atoms with Crippen molar-refractivity contribution in [2.24, 2.45) is 0 Å². The number of nitrogens with zero attached hydrogens (tertiary/aromatic N) is 3. The average molecular weight is 333 g/mol. The summed E-state index contributed by atoms with van der Waals surface area (Å²) in [5.41, 5.74) is 2.11. The summed E-state index contributed by atoms with van der Waals surface area (Å²) in [5.74, 6) is 0.441. The molecule has 8 heteroatoms. The predicted molar refractivity (Wildman–Crippen MR) is 89.0 cm³/mol. The van der Waals surface area contributed by atoms with E-state index >= 15 is 0 Å². The Morgan fingerprint density at radius 3 is 2.61 bits per heavy atom. The molecule has 7 nitrogen and oxygen atoms in total. The molecule has 0 aliphatic heterocycles. The molecule has 2 amide bonds. The van der Waals surface area contributed by atoms with Gasteiger partial charge in [0.05, 0.1) is 12.3 Å². The Kier molecular flexibility index (Phi) is 5.75. The van der Waals surface area contributed by atoms with E-state index in [9.17, 15) is 9.59 Å². The van der Waals surface area contributed by atoms with Gasteiger partial charge in [-0.25, -0.2) is 4.98 Å². The number of amides is 2. The van der Waals surface area contributed by atoms with Gasteiger partial charge < -0.3 is 10.2 Å². The third-order valence-electron chi connectivity index (χ3n) is 3.06. The van der Waals surface area contributed by atoms with Crippen LogP contribution in [0.25, 0.3) is 11.4 Å². The fourth-order valence-electron chi connectivity index (χ4n) is 1.66. The van der Waals surface area contributed by atoms with E-state index in [-0.39, 0.29) is 24.1 Å². The second kappa shape index (κ2) is 7.77. The number of H-pyrrole nitrogens is 1. The quantitative estimate of drug-likeness (QED) is 0.772. The molecule has 0 atom stereocenters. The van der Waals surface area contributed by atoms with Crippen molar-refractivity contribution in [3.63, 3.8) is 0 Å². The minimum Gasteiger partial charge on any atom is -0.347 e. The van der Waals surface area contributed by atoms with E-state index in [1.165, 1.54) is 22.2 Å². The van der Waals surface area contributed by atoms with E-state index in [0.29, 0.717) is 11.0 Å². The van der Waals surface area contributed by atoms with Gasteiger partial charge in [0, 0.05) is 19.7 Å². The van der Waals surface area contributed by atoms with Crippen molar-refractivity contribution in [1.29, 1.82) is 0 Å². The maximum atomic E-state index is 11.7. The SMILES string of the molecule is Cc1ccc(-c2nc(SCC(=O)NCC(=O)N(C)C)n[nH]2)cc1. The molecule has 2 rings (SSSR count). The minimum atomic E-state index is -0.230. The molecule has 2 N–H and O–H groups in total. The van der Waals surface area contributed by atoms with Crippen molar-refractivity contribution < 1.29 is 9.59 Å². The van der Waals surface area contributed by atoms with Crippen LogP contribution in [0.2, 0.25) is 0 Å². The van der Waals surface area contributed by atoms with Crippen LogP contribution in [0.4, 0.5) is 0 Å². The third-order valence-corrected chi connectivity index (χ3v) is 3.91. The maximum Gasteiger partial charge on any atom is 0.241 e. The lowest BCUT2D eigenvalue weighted by Crippen LogP contribution is -2.36. The standard InChI is InChI=1S/C15H19N5O2S/c1-10-4-6-11(7-5-10)14-17-15(19-18-14)23-9-12(21)16-8-13(22)20(2)3/h4-7H,8-9H2,1-3H3,(H,16,21)(H,17,18,19). The van der Waals surface area contributed by atoms with Crippen molar-refractivity contribution in [2.45, 2.75) is 12.1 Å². The summed E-state index contributed by atoms with van der Waals surface area (Å²) >= 11 is 1.22. The maximum absolute atomic E-state index is 11.7. The molecule has 2 aromatic rings. The van der Waals surface area contributed by atoms with Crippen LogP contribution in [0.3, 0.4) is 0 Å². The van der Waals surface area contributed by atoms with Gasteiger partial charge in [-0.05, 0) is 6.92 Å². The number of aromatic amines is 1. The summed E-state index contributed by atoms with van der Waals surface area (Å²) in [6.45, 7) is 2.01. The molecule has 0 bridgehead atoms. The number of hydrogen-bond donors (Lipinski definition) is 2. The first-order valence-electron chi connectivity index (χ1n) is 7.05. The summed E-state index contributed by atoms with van der Waals surface area (Å²) in [7, 11) is 3.28. The Balaban J connectivity index is 1.84. The van der Waals surface area contributed by atoms with Crippen LogP contribution < -0.4 is 5.32 Å². The monoisotopic (exact) mass is 333 g/mol. The Hall–Kier alpha value is -2.35. The summed E-state index contributed by atoms with van der Waals surface area (Å²) in [4.78, 5) is 28.8. The second-order valence-electron chi connectivity index (χ2n) is 5.19. The van der Waals surface area contributed by atoms with E-state index in [1.807, 2.05) is 31.2 Å². The molecule has 0 saturated heterocycles. The number of benzene rings is 1. The van der Waals surface area contributed by atoms with Gasteiger partial charge in [0.2, 0.25) is 17.0 Å². The number of aryl methyl sites for hydroxylation is 1. The van der Waals surface area contributed by atoms with E-state index < -0.39 is 0 Å². The van der Waals surface area contributed by atoms with Gasteiger partial charge in [-0.2, -0.15) is 0 Å². The van der Waals surface area contributed by atoms with Crippen LogP contribution in [0.5, 0.6) is 0 Å². The number of hydrogen-bond acceptors (Lipinski definition) is 5. The summed E-state index contributed by atoms with van der Waals surface area (Å²) < 4.78 is 0. The molecule has 23 heavy (non-hydrogen) atoms. The molecule has 0 saturated carbocycles. The normalized spacial score (nSPS) is 10.4. The van der Waals surface area contributed by atoms with Crippen LogP contribution in [-0.4, -0.2) is 58.3 Å². The smallest absolute Gasteiger partial charge is 0.241 e. The number of aromatic nitrogens is 3. The molecule has 0 fully saturated rings. The van der Waals surface area contributed by atoms with Gasteiger partial charge in [-0.1, -0.05) is 41.6 Å². The topological polar surface area (TPSA) is 91.0 Å². The van der Waals surface area contributed by atoms with Crippen molar-refractivity contribution in [3.05, 3.63) is 29.8 Å². The van der Waals surface area contributed by atoms with Crippen molar-refractivity contribution in [2.75, 3.05) is 26.4 Å². The zero-order chi connectivity index (χ0) is 16.8. The van der Waals surface area contributed by atoms with E-state index in [4.69, 9.17) is 0 Å². The lowest BCUT2D eigenvalue weighted by molar-refractivity contribution is -0.130. The average Bonchev–Trinajstić information content (AvgIpc) is 3.00. The molecule has 0 spiro atoms. The summed E-state index contributed by atoms with van der Waals surface area (Å²) in [5, 5.41) is 10.00. The minimum absolute atomic E-state index is 0.00496. The molecule has 122 valence electrons. The second-order valence-corrected chi connectivity index (χ2v) is 6.13. The van der Waals surface area contributed by atoms with E-state index in [2.05, 4.69) is 20.5 Å². The molecule has 0 radical (unpaired) electrons. The van der Waals surface area contributed by atoms with Crippen LogP contribution in [0.15, 0.2) is 29.4 Å². The van der Waals surface area contributed by atoms with Crippen LogP contribution in [0.1, 0.15) is 5.56 Å². The summed E-state index contributed by atoms with van der Waals surface area (Å²) in [6.07, 6.45) is 0. The third kappa shape index (κ3) is 5.10. The number of carbonyl (C=O) groups is 2. The lowest BCUT2D eigenvalue weighted by Gasteiger charge is -2.10. The molecule has 1 aromatic heterocycles. The number of thioether (sulfide) groups is 1. The largest absolute Gasteiger partial charge is 0.347 e. The molecule has 0 aliphatic rings. The molecule has 1 aromatic carbocycles. The number of nitrogens with one attached hydrogen (secondary N) is 2. The van der Waals surface area contributed by atoms with Gasteiger partial charge in [-0.15, -0.1) is 5.10 Å². The van der Waals surface area contributed by atoms with Gasteiger partial charge in [0.25, 0.3) is 0 Å². The first-order chi connectivity index (χ1) is 11.0. The molecule has 1 heterocycles. The Morgan fingerprint density at radius 1 is 1.26 bits per heavy atom. The molecule has 0 unspecified atom stereocenters. The molecular weight excluding hydrogens is 314 g/mol. The molecular formula is C15H19N5O2S. The van der Waals surface area contributed by atoms with Gasteiger partial charge in [0.15, 0.2) is 5.82 Å². The lowest BCUT2D eigenvalue weighted by atomic mass is 10.1. The zero-order valence-corrected chi connectivity index (χ0v) is 14.1. The summed E-state index contributed by atoms with van der Waals surface area (Å²) in [6, 6.07) is 7.92. The van der Waals surface area contributed by atoms with Crippen LogP contribution in [0, 0.1) is 6.92 Å². The van der Waals surface area contributed by atoms with Gasteiger partial charge in [0.1, 0.15) is 0 Å². The van der Waals surface area contributed by atoms with E-state index in [1.54, 1.807) is 14.1 Å². The highest BCUT2D eigenvalue weighted by Gasteiger charge is 2.10. The zero-order valence-electron chi connectivity index (χ0n) is 13.3. The number of rotatable bonds is 6. The van der Waals surface area contributed by atoms with Crippen LogP contribution >= 0.6 is 11.8 Å². The number of carbonyl (C=O) groups excluding carboxylic acids is 2. The highest BCUT2D eigenvalue weighted by Crippen LogP contribution is 2.19. The number of likely N-dealkylation sites (N-methyl/N-ethyl adjacent to an activating group) is 1. The highest BCUT2D eigenvalue weighted by atomic mass is 32.2. The Morgan fingerprint density at radius 2 is 1.96 bits per heavy atom. The van der Waals surface area contributed by atoms with Crippen LogP contribution in [-0.2, 0) is 9.59 Å². The van der Waals surface area contributed by atoms with Gasteiger partial charge in [-0.3, -0.25) is 14.7 Å². The fourth-order valence-corrected chi connectivity index (χ4v) is 2.29. The van der Waals surface area contributed by atoms with Crippen molar-refractivity contribution in [1.82, 2.24) is 25.4 Å². The first-order valence-corrected chi connectivity index (χ1v) is 8.03. The Bertz CT molecular complexity index is 681. The fraction of sp³-hybridized carbons (Fsp3) is 0.333. The van der Waals surface area contributed by atoms with Crippen molar-refractivity contribution >= 4 is 23.6 Å². The van der Waals surface area contributed by atoms with Crippen molar-refractivity contribution in [3.8, 4) is 11.4 Å². The molecule has 0 aliphatic carbocycles. The first kappa shape index (κ1) is 17.0. The Labute approximate surface area is 138 Å².